The molecule has 1 atom stereocenters. The van der Waals surface area contributed by atoms with E-state index in [4.69, 9.17) is 4.74 Å². The van der Waals surface area contributed by atoms with Crippen LogP contribution in [0.25, 0.3) is 10.9 Å². The molecule has 1 saturated heterocycles. The zero-order valence-corrected chi connectivity index (χ0v) is 9.09. The maximum absolute atomic E-state index is 5.38. The van der Waals surface area contributed by atoms with Gasteiger partial charge in [0.15, 0.2) is 0 Å². The summed E-state index contributed by atoms with van der Waals surface area (Å²) in [6.45, 7) is 1.70. The Hall–Kier alpha value is -1.06. The minimum atomic E-state index is 0. The van der Waals surface area contributed by atoms with E-state index < -0.39 is 0 Å². The molecule has 1 aromatic carbocycles. The van der Waals surface area contributed by atoms with Crippen molar-refractivity contribution in [2.75, 3.05) is 13.2 Å². The molecular weight excluding hydrogens is 212 g/mol. The number of nitrogens with one attached hydrogen (secondary N) is 1. The molecule has 0 saturated carbocycles. The fourth-order valence-corrected chi connectivity index (χ4v) is 2.05. The standard InChI is InChI=1S/C11H12N2O.ClH/c1-2-4-10-9(3-1)11(13-12-10)8-5-6-14-7-8;/h1-4,8H,5-7H2,(H,12,13);1H. The number of hydrogen-bond donors (Lipinski definition) is 1. The lowest BCUT2D eigenvalue weighted by Crippen LogP contribution is -1.98. The Morgan fingerprint density at radius 1 is 1.33 bits per heavy atom. The van der Waals surface area contributed by atoms with Gasteiger partial charge < -0.3 is 4.74 Å². The highest BCUT2D eigenvalue weighted by atomic mass is 35.5. The van der Waals surface area contributed by atoms with Crippen LogP contribution < -0.4 is 0 Å². The zero-order chi connectivity index (χ0) is 9.38. The Morgan fingerprint density at radius 3 is 3.00 bits per heavy atom. The number of halogens is 1. The highest BCUT2D eigenvalue weighted by molar-refractivity contribution is 5.85. The normalized spacial score (nSPS) is 20.4. The third kappa shape index (κ3) is 1.73. The van der Waals surface area contributed by atoms with Crippen LogP contribution in [-0.2, 0) is 4.74 Å². The van der Waals surface area contributed by atoms with Crippen molar-refractivity contribution in [3.05, 3.63) is 30.0 Å². The topological polar surface area (TPSA) is 37.9 Å². The first-order valence-electron chi connectivity index (χ1n) is 4.96. The van der Waals surface area contributed by atoms with E-state index in [1.807, 2.05) is 12.1 Å². The predicted molar refractivity (Wildman–Crippen MR) is 61.5 cm³/mol. The highest BCUT2D eigenvalue weighted by Gasteiger charge is 2.21. The summed E-state index contributed by atoms with van der Waals surface area (Å²) in [6, 6.07) is 8.22. The molecule has 15 heavy (non-hydrogen) atoms. The maximum atomic E-state index is 5.38. The van der Waals surface area contributed by atoms with E-state index in [2.05, 4.69) is 22.3 Å². The van der Waals surface area contributed by atoms with E-state index in [1.54, 1.807) is 0 Å². The Morgan fingerprint density at radius 2 is 2.20 bits per heavy atom. The molecule has 4 heteroatoms. The summed E-state index contributed by atoms with van der Waals surface area (Å²) < 4.78 is 5.38. The lowest BCUT2D eigenvalue weighted by Gasteiger charge is -2.03. The molecule has 1 N–H and O–H groups in total. The molecular formula is C11H13ClN2O. The number of H-pyrrole nitrogens is 1. The fourth-order valence-electron chi connectivity index (χ4n) is 2.05. The predicted octanol–water partition coefficient (Wildman–Crippen LogP) is 2.49. The van der Waals surface area contributed by atoms with Crippen LogP contribution in [0, 0.1) is 0 Å². The van der Waals surface area contributed by atoms with Gasteiger partial charge in [0.1, 0.15) is 0 Å². The molecule has 0 radical (unpaired) electrons. The molecule has 0 spiro atoms. The average Bonchev–Trinajstić information content (AvgIpc) is 2.85. The number of para-hydroxylation sites is 1. The summed E-state index contributed by atoms with van der Waals surface area (Å²) in [7, 11) is 0. The molecule has 1 aliphatic heterocycles. The van der Waals surface area contributed by atoms with Crippen LogP contribution in [0.1, 0.15) is 18.0 Å². The molecule has 2 aromatic rings. The minimum Gasteiger partial charge on any atom is -0.381 e. The van der Waals surface area contributed by atoms with Gasteiger partial charge in [-0.3, -0.25) is 5.10 Å². The third-order valence-corrected chi connectivity index (χ3v) is 2.83. The average molecular weight is 225 g/mol. The summed E-state index contributed by atoms with van der Waals surface area (Å²) in [4.78, 5) is 0. The smallest absolute Gasteiger partial charge is 0.0923 e. The van der Waals surface area contributed by atoms with Gasteiger partial charge in [0.25, 0.3) is 0 Å². The summed E-state index contributed by atoms with van der Waals surface area (Å²) in [5, 5.41) is 8.65. The summed E-state index contributed by atoms with van der Waals surface area (Å²) in [6.07, 6.45) is 1.10. The minimum absolute atomic E-state index is 0. The van der Waals surface area contributed by atoms with E-state index in [9.17, 15) is 0 Å². The number of rotatable bonds is 1. The van der Waals surface area contributed by atoms with Crippen LogP contribution in [0.4, 0.5) is 0 Å². The summed E-state index contributed by atoms with van der Waals surface area (Å²) in [5.74, 6) is 0.502. The van der Waals surface area contributed by atoms with Gasteiger partial charge in [-0.25, -0.2) is 0 Å². The van der Waals surface area contributed by atoms with Crippen molar-refractivity contribution in [2.45, 2.75) is 12.3 Å². The molecule has 0 aliphatic carbocycles. The van der Waals surface area contributed by atoms with Gasteiger partial charge in [0, 0.05) is 23.6 Å². The molecule has 1 aromatic heterocycles. The van der Waals surface area contributed by atoms with Crippen molar-refractivity contribution in [2.24, 2.45) is 0 Å². The van der Waals surface area contributed by atoms with Crippen molar-refractivity contribution in [1.82, 2.24) is 10.2 Å². The number of aromatic amines is 1. The van der Waals surface area contributed by atoms with Crippen molar-refractivity contribution < 1.29 is 4.74 Å². The molecule has 1 aliphatic rings. The molecule has 0 amide bonds. The van der Waals surface area contributed by atoms with E-state index in [-0.39, 0.29) is 12.4 Å². The van der Waals surface area contributed by atoms with Crippen LogP contribution in [0.15, 0.2) is 24.3 Å². The second-order valence-electron chi connectivity index (χ2n) is 3.71. The summed E-state index contributed by atoms with van der Waals surface area (Å²) in [5.41, 5.74) is 2.28. The third-order valence-electron chi connectivity index (χ3n) is 2.83. The van der Waals surface area contributed by atoms with Gasteiger partial charge in [-0.05, 0) is 12.5 Å². The van der Waals surface area contributed by atoms with Crippen molar-refractivity contribution in [3.8, 4) is 0 Å². The highest BCUT2D eigenvalue weighted by Crippen LogP contribution is 2.28. The zero-order valence-electron chi connectivity index (χ0n) is 8.27. The fraction of sp³-hybridized carbons (Fsp3) is 0.364. The largest absolute Gasteiger partial charge is 0.381 e. The van der Waals surface area contributed by atoms with Crippen molar-refractivity contribution in [1.29, 1.82) is 0 Å². The van der Waals surface area contributed by atoms with E-state index >= 15 is 0 Å². The first kappa shape index (κ1) is 10.5. The monoisotopic (exact) mass is 224 g/mol. The Bertz CT molecular complexity index is 449. The number of fused-ring (bicyclic) bond motifs is 1. The van der Waals surface area contributed by atoms with E-state index in [0.29, 0.717) is 5.92 Å². The number of ether oxygens (including phenoxy) is 1. The second-order valence-corrected chi connectivity index (χ2v) is 3.71. The second kappa shape index (κ2) is 4.21. The number of aromatic nitrogens is 2. The van der Waals surface area contributed by atoms with Crippen LogP contribution in [0.5, 0.6) is 0 Å². The SMILES string of the molecule is Cl.c1ccc2c(C3CCOC3)[nH]nc2c1. The molecule has 2 heterocycles. The number of hydrogen-bond acceptors (Lipinski definition) is 2. The van der Waals surface area contributed by atoms with Crippen LogP contribution >= 0.6 is 12.4 Å². The molecule has 80 valence electrons. The first-order chi connectivity index (χ1) is 6.95. The molecule has 3 nitrogen and oxygen atoms in total. The van der Waals surface area contributed by atoms with Gasteiger partial charge in [-0.15, -0.1) is 12.4 Å². The van der Waals surface area contributed by atoms with Crippen LogP contribution in [0.3, 0.4) is 0 Å². The molecule has 3 rings (SSSR count). The quantitative estimate of drug-likeness (QED) is 0.808. The lowest BCUT2D eigenvalue weighted by atomic mass is 10.0. The van der Waals surface area contributed by atoms with Crippen molar-refractivity contribution >= 4 is 23.3 Å². The van der Waals surface area contributed by atoms with Gasteiger partial charge in [0.2, 0.25) is 0 Å². The molecule has 1 fully saturated rings. The van der Waals surface area contributed by atoms with Gasteiger partial charge in [0.05, 0.1) is 12.1 Å². The number of benzene rings is 1. The Balaban J connectivity index is 0.000000853. The van der Waals surface area contributed by atoms with E-state index in [1.165, 1.54) is 11.1 Å². The Kier molecular flexibility index (Phi) is 2.93. The van der Waals surface area contributed by atoms with Crippen molar-refractivity contribution in [3.63, 3.8) is 0 Å². The molecule has 0 bridgehead atoms. The first-order valence-corrected chi connectivity index (χ1v) is 4.96. The summed E-state index contributed by atoms with van der Waals surface area (Å²) >= 11 is 0. The van der Waals surface area contributed by atoms with Gasteiger partial charge in [-0.2, -0.15) is 5.10 Å². The van der Waals surface area contributed by atoms with Gasteiger partial charge >= 0.3 is 0 Å². The number of nitrogens with zero attached hydrogens (tertiary/aromatic N) is 1. The molecule has 1 unspecified atom stereocenters. The maximum Gasteiger partial charge on any atom is 0.0923 e. The van der Waals surface area contributed by atoms with Gasteiger partial charge in [-0.1, -0.05) is 18.2 Å². The Labute approximate surface area is 94.2 Å². The van der Waals surface area contributed by atoms with E-state index in [0.717, 1.165) is 25.2 Å². The lowest BCUT2D eigenvalue weighted by molar-refractivity contribution is 0.193. The van der Waals surface area contributed by atoms with Crippen LogP contribution in [0.2, 0.25) is 0 Å². The van der Waals surface area contributed by atoms with Crippen LogP contribution in [-0.4, -0.2) is 23.4 Å².